The predicted molar refractivity (Wildman–Crippen MR) is 85.5 cm³/mol. The molecule has 1 aromatic carbocycles. The quantitative estimate of drug-likeness (QED) is 0.792. The van der Waals surface area contributed by atoms with E-state index in [0.717, 1.165) is 23.4 Å². The summed E-state index contributed by atoms with van der Waals surface area (Å²) >= 11 is 6.23. The first-order valence-corrected chi connectivity index (χ1v) is 8.32. The average Bonchev–Trinajstić information content (AvgIpc) is 2.90. The van der Waals surface area contributed by atoms with Crippen LogP contribution in [0, 0.1) is 11.8 Å². The van der Waals surface area contributed by atoms with Gasteiger partial charge < -0.3 is 9.47 Å². The Morgan fingerprint density at radius 1 is 1.33 bits per heavy atom. The van der Waals surface area contributed by atoms with Gasteiger partial charge in [-0.3, -0.25) is 0 Å². The molecule has 1 aromatic rings. The molecule has 0 N–H and O–H groups in total. The first kappa shape index (κ1) is 15.3. The Kier molecular flexibility index (Phi) is 3.84. The van der Waals surface area contributed by atoms with E-state index in [1.54, 1.807) is 0 Å². The Morgan fingerprint density at radius 2 is 2.05 bits per heavy atom. The Labute approximate surface area is 132 Å². The van der Waals surface area contributed by atoms with Gasteiger partial charge in [-0.25, -0.2) is 0 Å². The Hall–Kier alpha value is -0.570. The van der Waals surface area contributed by atoms with Crippen LogP contribution in [0.3, 0.4) is 0 Å². The van der Waals surface area contributed by atoms with E-state index >= 15 is 0 Å². The monoisotopic (exact) mass is 308 g/mol. The number of hydrogen-bond donors (Lipinski definition) is 0. The van der Waals surface area contributed by atoms with Crippen molar-refractivity contribution in [2.45, 2.75) is 64.4 Å². The Balaban J connectivity index is 1.76. The van der Waals surface area contributed by atoms with Gasteiger partial charge in [-0.2, -0.15) is 0 Å². The van der Waals surface area contributed by atoms with Crippen molar-refractivity contribution in [3.05, 3.63) is 34.9 Å². The third-order valence-electron chi connectivity index (χ3n) is 5.62. The van der Waals surface area contributed by atoms with Crippen LogP contribution in [-0.4, -0.2) is 17.3 Å². The van der Waals surface area contributed by atoms with Gasteiger partial charge in [0.1, 0.15) is 0 Å². The second-order valence-corrected chi connectivity index (χ2v) is 7.54. The van der Waals surface area contributed by atoms with Crippen LogP contribution >= 0.6 is 11.6 Å². The highest BCUT2D eigenvalue weighted by Crippen LogP contribution is 2.58. The number of benzene rings is 1. The molecule has 0 aliphatic carbocycles. The van der Waals surface area contributed by atoms with E-state index in [1.807, 2.05) is 24.3 Å². The van der Waals surface area contributed by atoms with Crippen molar-refractivity contribution in [3.8, 4) is 0 Å². The van der Waals surface area contributed by atoms with Crippen LogP contribution in [0.25, 0.3) is 0 Å². The summed E-state index contributed by atoms with van der Waals surface area (Å²) in [5.41, 5.74) is 0.890. The first-order valence-electron chi connectivity index (χ1n) is 7.94. The molecule has 2 fully saturated rings. The zero-order valence-corrected chi connectivity index (χ0v) is 14.1. The Morgan fingerprint density at radius 3 is 2.67 bits per heavy atom. The highest BCUT2D eigenvalue weighted by molar-refractivity contribution is 6.31. The lowest BCUT2D eigenvalue weighted by Crippen LogP contribution is -2.45. The molecule has 3 heteroatoms. The van der Waals surface area contributed by atoms with Crippen LogP contribution in [-0.2, 0) is 16.1 Å². The van der Waals surface area contributed by atoms with Crippen molar-refractivity contribution in [3.63, 3.8) is 0 Å². The highest BCUT2D eigenvalue weighted by atomic mass is 35.5. The molecule has 2 saturated heterocycles. The van der Waals surface area contributed by atoms with Gasteiger partial charge >= 0.3 is 0 Å². The molecule has 4 atom stereocenters. The van der Waals surface area contributed by atoms with Crippen molar-refractivity contribution < 1.29 is 9.47 Å². The van der Waals surface area contributed by atoms with E-state index in [4.69, 9.17) is 21.1 Å². The lowest BCUT2D eigenvalue weighted by atomic mass is 9.69. The lowest BCUT2D eigenvalue weighted by Gasteiger charge is -2.38. The van der Waals surface area contributed by atoms with Crippen molar-refractivity contribution in [2.24, 2.45) is 11.8 Å². The van der Waals surface area contributed by atoms with Gasteiger partial charge in [0, 0.05) is 10.9 Å². The van der Waals surface area contributed by atoms with E-state index in [9.17, 15) is 0 Å². The first-order chi connectivity index (χ1) is 9.89. The van der Waals surface area contributed by atoms with Gasteiger partial charge in [0.25, 0.3) is 0 Å². The fourth-order valence-corrected chi connectivity index (χ4v) is 4.52. The van der Waals surface area contributed by atoms with Crippen molar-refractivity contribution in [1.82, 2.24) is 0 Å². The number of halogens is 1. The lowest BCUT2D eigenvalue weighted by molar-refractivity contribution is -0.0960. The number of rotatable bonds is 4. The summed E-state index contributed by atoms with van der Waals surface area (Å²) in [6.45, 7) is 9.57. The Bertz CT molecular complexity index is 530. The molecule has 0 radical (unpaired) electrons. The van der Waals surface area contributed by atoms with Crippen LogP contribution < -0.4 is 0 Å². The molecule has 2 heterocycles. The van der Waals surface area contributed by atoms with E-state index in [1.165, 1.54) is 0 Å². The molecule has 1 unspecified atom stereocenters. The SMILES string of the molecule is CC(C)[C@]12CC[C@](C)(O1)[C@H](OCc1ccccc1Cl)C2C. The summed E-state index contributed by atoms with van der Waals surface area (Å²) in [6, 6.07) is 7.90. The molecule has 3 rings (SSSR count). The topological polar surface area (TPSA) is 18.5 Å². The van der Waals surface area contributed by atoms with Crippen LogP contribution in [0.15, 0.2) is 24.3 Å². The summed E-state index contributed by atoms with van der Waals surface area (Å²) in [7, 11) is 0. The zero-order chi connectivity index (χ0) is 15.3. The molecule has 21 heavy (non-hydrogen) atoms. The molecule has 2 nitrogen and oxygen atoms in total. The van der Waals surface area contributed by atoms with E-state index in [0.29, 0.717) is 18.4 Å². The van der Waals surface area contributed by atoms with Crippen LogP contribution in [0.2, 0.25) is 5.02 Å². The minimum absolute atomic E-state index is 0.0140. The third kappa shape index (κ3) is 2.32. The normalized spacial score (nSPS) is 38.4. The van der Waals surface area contributed by atoms with Gasteiger partial charge in [-0.05, 0) is 37.3 Å². The smallest absolute Gasteiger partial charge is 0.0927 e. The second-order valence-electron chi connectivity index (χ2n) is 7.14. The minimum Gasteiger partial charge on any atom is -0.370 e. The molecule has 0 spiro atoms. The maximum atomic E-state index is 6.49. The minimum atomic E-state index is -0.148. The summed E-state index contributed by atoms with van der Waals surface area (Å²) in [4.78, 5) is 0. The summed E-state index contributed by atoms with van der Waals surface area (Å²) in [5, 5.41) is 0.776. The maximum absolute atomic E-state index is 6.49. The van der Waals surface area contributed by atoms with Gasteiger partial charge in [0.2, 0.25) is 0 Å². The summed E-state index contributed by atoms with van der Waals surface area (Å²) in [5.74, 6) is 0.932. The summed E-state index contributed by atoms with van der Waals surface area (Å²) in [6.07, 6.45) is 2.38. The maximum Gasteiger partial charge on any atom is 0.0927 e. The molecular formula is C18H25ClO2. The van der Waals surface area contributed by atoms with Crippen LogP contribution in [0.1, 0.15) is 46.1 Å². The van der Waals surface area contributed by atoms with E-state index in [2.05, 4.69) is 27.7 Å². The van der Waals surface area contributed by atoms with Crippen molar-refractivity contribution in [1.29, 1.82) is 0 Å². The van der Waals surface area contributed by atoms with Gasteiger partial charge in [0.15, 0.2) is 0 Å². The second kappa shape index (κ2) is 5.26. The number of ether oxygens (including phenoxy) is 2. The number of hydrogen-bond acceptors (Lipinski definition) is 2. The fraction of sp³-hybridized carbons (Fsp3) is 0.667. The standard InChI is InChI=1S/C18H25ClO2/c1-12(2)18-10-9-17(4,21-18)16(13(18)3)20-11-14-7-5-6-8-15(14)19/h5-8,12-13,16H,9-11H2,1-4H3/t13?,16-,17+,18+/m1/s1. The highest BCUT2D eigenvalue weighted by Gasteiger charge is 2.65. The molecule has 0 saturated carbocycles. The predicted octanol–water partition coefficient (Wildman–Crippen LogP) is 4.84. The van der Waals surface area contributed by atoms with Crippen LogP contribution in [0.4, 0.5) is 0 Å². The molecule has 0 aromatic heterocycles. The van der Waals surface area contributed by atoms with Crippen molar-refractivity contribution in [2.75, 3.05) is 0 Å². The van der Waals surface area contributed by atoms with E-state index < -0.39 is 0 Å². The van der Waals surface area contributed by atoms with Crippen LogP contribution in [0.5, 0.6) is 0 Å². The zero-order valence-electron chi connectivity index (χ0n) is 13.4. The van der Waals surface area contributed by atoms with Crippen molar-refractivity contribution >= 4 is 11.6 Å². The molecule has 0 amide bonds. The van der Waals surface area contributed by atoms with Gasteiger partial charge in [0.05, 0.1) is 23.9 Å². The van der Waals surface area contributed by atoms with E-state index in [-0.39, 0.29) is 17.3 Å². The van der Waals surface area contributed by atoms with Gasteiger partial charge in [-0.15, -0.1) is 0 Å². The molecule has 116 valence electrons. The molecule has 2 bridgehead atoms. The van der Waals surface area contributed by atoms with Gasteiger partial charge in [-0.1, -0.05) is 50.6 Å². The fourth-order valence-electron chi connectivity index (χ4n) is 4.33. The number of fused-ring (bicyclic) bond motifs is 2. The average molecular weight is 309 g/mol. The third-order valence-corrected chi connectivity index (χ3v) is 5.98. The molecule has 2 aliphatic rings. The molecule has 2 aliphatic heterocycles. The molecular weight excluding hydrogens is 284 g/mol. The summed E-state index contributed by atoms with van der Waals surface area (Å²) < 4.78 is 12.8. The largest absolute Gasteiger partial charge is 0.370 e.